The van der Waals surface area contributed by atoms with Crippen molar-refractivity contribution in [3.05, 3.63) is 11.8 Å². The number of rotatable bonds is 2. The van der Waals surface area contributed by atoms with Gasteiger partial charge in [-0.1, -0.05) is 11.8 Å². The zero-order valence-corrected chi connectivity index (χ0v) is 17.9. The van der Waals surface area contributed by atoms with E-state index in [4.69, 9.17) is 4.74 Å². The molecular weight excluding hydrogens is 378 g/mol. The molecule has 4 rings (SSSR count). The van der Waals surface area contributed by atoms with Crippen LogP contribution in [0.25, 0.3) is 0 Å². The summed E-state index contributed by atoms with van der Waals surface area (Å²) in [7, 11) is 1.76. The highest BCUT2D eigenvalue weighted by molar-refractivity contribution is 7.98. The highest BCUT2D eigenvalue weighted by Crippen LogP contribution is 2.50. The molecule has 1 saturated heterocycles. The van der Waals surface area contributed by atoms with Gasteiger partial charge in [0.2, 0.25) is 0 Å². The Hall–Kier alpha value is -2.03. The van der Waals surface area contributed by atoms with Gasteiger partial charge in [-0.2, -0.15) is 0 Å². The van der Waals surface area contributed by atoms with Crippen LogP contribution in [0.15, 0.2) is 11.4 Å². The third kappa shape index (κ3) is 3.09. The van der Waals surface area contributed by atoms with Crippen LogP contribution in [0.5, 0.6) is 0 Å². The van der Waals surface area contributed by atoms with E-state index in [0.717, 1.165) is 31.4 Å². The fraction of sp³-hybridized carbons (Fsp3) is 0.684. The summed E-state index contributed by atoms with van der Waals surface area (Å²) in [5.41, 5.74) is 0.311. The number of carbonyl (C=O) groups is 2. The number of hydrogen-bond acceptors (Lipinski definition) is 6. The van der Waals surface area contributed by atoms with Crippen LogP contribution in [0, 0.1) is 0 Å². The maximum atomic E-state index is 12.9. The van der Waals surface area contributed by atoms with Gasteiger partial charge in [-0.3, -0.25) is 4.90 Å². The van der Waals surface area contributed by atoms with Crippen molar-refractivity contribution in [2.24, 2.45) is 0 Å². The van der Waals surface area contributed by atoms with E-state index in [9.17, 15) is 9.59 Å². The Morgan fingerprint density at radius 1 is 1.36 bits per heavy atom. The zero-order valence-electron chi connectivity index (χ0n) is 17.1. The minimum Gasteiger partial charge on any atom is -0.444 e. The number of urea groups is 1. The molecule has 3 amide bonds. The molecule has 1 spiro atoms. The van der Waals surface area contributed by atoms with Crippen LogP contribution < -0.4 is 4.90 Å². The lowest BCUT2D eigenvalue weighted by molar-refractivity contribution is -0.108. The van der Waals surface area contributed by atoms with Crippen LogP contribution in [0.4, 0.5) is 15.4 Å². The van der Waals surface area contributed by atoms with Gasteiger partial charge in [-0.05, 0) is 46.3 Å². The van der Waals surface area contributed by atoms with Crippen LogP contribution >= 0.6 is 11.8 Å². The van der Waals surface area contributed by atoms with Gasteiger partial charge >= 0.3 is 12.1 Å². The summed E-state index contributed by atoms with van der Waals surface area (Å²) in [4.78, 5) is 39.6. The van der Waals surface area contributed by atoms with Gasteiger partial charge in [0.1, 0.15) is 11.4 Å². The van der Waals surface area contributed by atoms with E-state index in [0.29, 0.717) is 17.5 Å². The molecule has 8 nitrogen and oxygen atoms in total. The minimum atomic E-state index is -0.498. The third-order valence-electron chi connectivity index (χ3n) is 5.85. The molecule has 0 atom stereocenters. The fourth-order valence-electron chi connectivity index (χ4n) is 4.31. The van der Waals surface area contributed by atoms with E-state index >= 15 is 0 Å². The second kappa shape index (κ2) is 6.50. The molecule has 152 valence electrons. The van der Waals surface area contributed by atoms with Gasteiger partial charge in [0.15, 0.2) is 5.16 Å². The van der Waals surface area contributed by atoms with Gasteiger partial charge in [0, 0.05) is 31.4 Å². The van der Waals surface area contributed by atoms with Crippen LogP contribution in [0.1, 0.15) is 45.6 Å². The molecule has 2 aliphatic heterocycles. The van der Waals surface area contributed by atoms with Crippen molar-refractivity contribution < 1.29 is 14.3 Å². The van der Waals surface area contributed by atoms with E-state index in [1.165, 1.54) is 11.8 Å². The first-order chi connectivity index (χ1) is 13.1. The number of amides is 3. The van der Waals surface area contributed by atoms with E-state index in [-0.39, 0.29) is 23.7 Å². The van der Waals surface area contributed by atoms with Crippen LogP contribution in [0.3, 0.4) is 0 Å². The maximum absolute atomic E-state index is 12.9. The SMILES string of the molecule is CSc1ncc2c(n1)N(C)C(=O)N(C1CC3(CCN3C(=O)OC(C)(C)C)C1)C2. The highest BCUT2D eigenvalue weighted by Gasteiger charge is 2.59. The van der Waals surface area contributed by atoms with Crippen molar-refractivity contribution in [3.8, 4) is 0 Å². The summed E-state index contributed by atoms with van der Waals surface area (Å²) in [6, 6.07) is 0.0785. The van der Waals surface area contributed by atoms with Crippen molar-refractivity contribution in [3.63, 3.8) is 0 Å². The molecule has 1 saturated carbocycles. The Morgan fingerprint density at radius 3 is 2.64 bits per heavy atom. The molecule has 3 heterocycles. The van der Waals surface area contributed by atoms with E-state index in [1.807, 2.05) is 43.0 Å². The molecule has 0 aromatic carbocycles. The van der Waals surface area contributed by atoms with Crippen molar-refractivity contribution in [2.45, 2.75) is 68.9 Å². The van der Waals surface area contributed by atoms with Gasteiger partial charge < -0.3 is 14.5 Å². The Balaban J connectivity index is 1.44. The molecule has 0 radical (unpaired) electrons. The molecule has 0 N–H and O–H groups in total. The molecule has 1 aromatic rings. The zero-order chi connectivity index (χ0) is 20.3. The largest absolute Gasteiger partial charge is 0.444 e. The molecule has 3 aliphatic rings. The first-order valence-corrected chi connectivity index (χ1v) is 10.8. The number of hydrogen-bond donors (Lipinski definition) is 0. The molecule has 0 bridgehead atoms. The van der Waals surface area contributed by atoms with E-state index in [2.05, 4.69) is 9.97 Å². The highest BCUT2D eigenvalue weighted by atomic mass is 32.2. The number of likely N-dealkylation sites (tertiary alicyclic amines) is 1. The summed E-state index contributed by atoms with van der Waals surface area (Å²) in [5, 5.41) is 0.664. The number of thioether (sulfide) groups is 1. The second-order valence-corrected chi connectivity index (χ2v) is 9.62. The van der Waals surface area contributed by atoms with E-state index < -0.39 is 5.60 Å². The van der Waals surface area contributed by atoms with Crippen LogP contribution in [-0.2, 0) is 11.3 Å². The van der Waals surface area contributed by atoms with Gasteiger partial charge in [0.25, 0.3) is 0 Å². The van der Waals surface area contributed by atoms with Gasteiger partial charge in [-0.15, -0.1) is 0 Å². The number of aromatic nitrogens is 2. The molecule has 9 heteroatoms. The molecule has 1 aromatic heterocycles. The van der Waals surface area contributed by atoms with Crippen LogP contribution in [-0.4, -0.2) is 68.9 Å². The second-order valence-electron chi connectivity index (χ2n) is 8.84. The van der Waals surface area contributed by atoms with E-state index in [1.54, 1.807) is 11.9 Å². The fourth-order valence-corrected chi connectivity index (χ4v) is 4.64. The summed E-state index contributed by atoms with van der Waals surface area (Å²) in [6.07, 6.45) is 6.05. The number of carbonyl (C=O) groups excluding carboxylic acids is 2. The summed E-state index contributed by atoms with van der Waals surface area (Å²) in [5.74, 6) is 0.689. The topological polar surface area (TPSA) is 78.9 Å². The smallest absolute Gasteiger partial charge is 0.410 e. The lowest BCUT2D eigenvalue weighted by Crippen LogP contribution is -2.73. The third-order valence-corrected chi connectivity index (χ3v) is 6.41. The number of nitrogens with zero attached hydrogens (tertiary/aromatic N) is 5. The average molecular weight is 406 g/mol. The monoisotopic (exact) mass is 405 g/mol. The summed E-state index contributed by atoms with van der Waals surface area (Å²) in [6.45, 7) is 6.88. The maximum Gasteiger partial charge on any atom is 0.410 e. The summed E-state index contributed by atoms with van der Waals surface area (Å²) < 4.78 is 5.54. The Labute approximate surface area is 169 Å². The quantitative estimate of drug-likeness (QED) is 0.556. The molecule has 2 fully saturated rings. The Kier molecular flexibility index (Phi) is 4.48. The number of ether oxygens (including phenoxy) is 1. The van der Waals surface area contributed by atoms with Crippen molar-refractivity contribution >= 4 is 29.7 Å². The van der Waals surface area contributed by atoms with Gasteiger partial charge in [-0.25, -0.2) is 19.6 Å². The lowest BCUT2D eigenvalue weighted by atomic mass is 9.64. The van der Waals surface area contributed by atoms with Crippen molar-refractivity contribution in [1.82, 2.24) is 19.8 Å². The molecule has 0 unspecified atom stereocenters. The first-order valence-electron chi connectivity index (χ1n) is 9.58. The summed E-state index contributed by atoms with van der Waals surface area (Å²) >= 11 is 1.46. The number of fused-ring (bicyclic) bond motifs is 1. The molecule has 28 heavy (non-hydrogen) atoms. The lowest BCUT2D eigenvalue weighted by Gasteiger charge is -2.62. The minimum absolute atomic E-state index is 0.0405. The Bertz CT molecular complexity index is 818. The predicted molar refractivity (Wildman–Crippen MR) is 106 cm³/mol. The Morgan fingerprint density at radius 2 is 2.07 bits per heavy atom. The normalized spacial score (nSPS) is 26.7. The average Bonchev–Trinajstić information content (AvgIpc) is 2.55. The van der Waals surface area contributed by atoms with Gasteiger partial charge in [0.05, 0.1) is 12.1 Å². The standard InChI is InChI=1S/C19H27N5O3S/c1-18(2,3)27-17(26)24-7-6-19(24)8-13(9-19)23-11-12-10-20-15(28-5)21-14(12)22(4)16(23)25/h10,13H,6-9,11H2,1-5H3. The predicted octanol–water partition coefficient (Wildman–Crippen LogP) is 3.11. The van der Waals surface area contributed by atoms with Crippen LogP contribution in [0.2, 0.25) is 0 Å². The molecule has 1 aliphatic carbocycles. The first kappa shape index (κ1) is 19.3. The van der Waals surface area contributed by atoms with Crippen molar-refractivity contribution in [1.29, 1.82) is 0 Å². The molecular formula is C19H27N5O3S. The number of anilines is 1. The van der Waals surface area contributed by atoms with Crippen molar-refractivity contribution in [2.75, 3.05) is 24.7 Å².